The number of hydrogen-bond acceptors (Lipinski definition) is 4. The number of methoxy groups -OCH3 is 1. The number of fused-ring (bicyclic) bond motifs is 3. The minimum atomic E-state index is -0.374. The van der Waals surface area contributed by atoms with Gasteiger partial charge in [0.05, 0.1) is 18.1 Å². The van der Waals surface area contributed by atoms with E-state index >= 15 is 0 Å². The van der Waals surface area contributed by atoms with E-state index in [1.165, 1.54) is 23.9 Å². The molecule has 0 saturated heterocycles. The molecule has 1 heterocycles. The van der Waals surface area contributed by atoms with Gasteiger partial charge in [-0.25, -0.2) is 0 Å². The topological polar surface area (TPSA) is 64.4 Å². The third kappa shape index (κ3) is 2.55. The second-order valence-electron chi connectivity index (χ2n) is 6.90. The lowest BCUT2D eigenvalue weighted by atomic mass is 9.76. The van der Waals surface area contributed by atoms with Gasteiger partial charge in [0.25, 0.3) is 0 Å². The summed E-state index contributed by atoms with van der Waals surface area (Å²) in [6.45, 7) is 2.15. The van der Waals surface area contributed by atoms with Gasteiger partial charge in [-0.1, -0.05) is 43.3 Å². The van der Waals surface area contributed by atoms with Gasteiger partial charge in [-0.3, -0.25) is 10.1 Å². The summed E-state index contributed by atoms with van der Waals surface area (Å²) in [5.41, 5.74) is 4.76. The monoisotopic (exact) mass is 350 g/mol. The lowest BCUT2D eigenvalue weighted by Crippen LogP contribution is -2.29. The normalized spacial score (nSPS) is 23.1. The molecule has 5 nitrogen and oxygen atoms in total. The van der Waals surface area contributed by atoms with Crippen molar-refractivity contribution in [3.8, 4) is 5.75 Å². The maximum Gasteiger partial charge on any atom is 0.311 e. The van der Waals surface area contributed by atoms with E-state index in [2.05, 4.69) is 42.6 Å². The fourth-order valence-electron chi connectivity index (χ4n) is 4.35. The smallest absolute Gasteiger partial charge is 0.311 e. The number of nitro groups is 1. The van der Waals surface area contributed by atoms with Crippen LogP contribution in [0.25, 0.3) is 0 Å². The minimum Gasteiger partial charge on any atom is -0.490 e. The molecule has 1 aliphatic heterocycles. The lowest BCUT2D eigenvalue weighted by molar-refractivity contribution is -0.385. The first-order valence-electron chi connectivity index (χ1n) is 9.01. The summed E-state index contributed by atoms with van der Waals surface area (Å²) in [6.07, 6.45) is 6.44. The fraction of sp³-hybridized carbons (Fsp3) is 0.333. The fourth-order valence-corrected chi connectivity index (χ4v) is 4.35. The summed E-state index contributed by atoms with van der Waals surface area (Å²) >= 11 is 0. The summed E-state index contributed by atoms with van der Waals surface area (Å²) in [5.74, 6) is 1.01. The Morgan fingerprint density at radius 1 is 1.31 bits per heavy atom. The van der Waals surface area contributed by atoms with Gasteiger partial charge in [-0.15, -0.1) is 0 Å². The van der Waals surface area contributed by atoms with Crippen molar-refractivity contribution >= 4 is 11.4 Å². The Morgan fingerprint density at radius 2 is 2.15 bits per heavy atom. The van der Waals surface area contributed by atoms with Gasteiger partial charge in [0, 0.05) is 17.7 Å². The van der Waals surface area contributed by atoms with Crippen LogP contribution in [-0.4, -0.2) is 12.0 Å². The zero-order valence-corrected chi connectivity index (χ0v) is 14.9. The van der Waals surface area contributed by atoms with Gasteiger partial charge in [0.15, 0.2) is 5.75 Å². The number of ether oxygens (including phenoxy) is 1. The number of benzene rings is 2. The molecule has 0 radical (unpaired) electrons. The van der Waals surface area contributed by atoms with Crippen molar-refractivity contribution in [2.45, 2.75) is 31.7 Å². The Kier molecular flexibility index (Phi) is 4.15. The molecule has 26 heavy (non-hydrogen) atoms. The quantitative estimate of drug-likeness (QED) is 0.479. The SMILES string of the molecule is CCc1cccc2c1N[C@H](c1ccc(OC)c([N+](=O)[O-])c1)[C@H]1CC=C[C@@H]21. The molecule has 0 aromatic heterocycles. The maximum absolute atomic E-state index is 11.4. The second kappa shape index (κ2) is 6.48. The van der Waals surface area contributed by atoms with E-state index in [9.17, 15) is 10.1 Å². The lowest BCUT2D eigenvalue weighted by Gasteiger charge is -2.38. The number of aryl methyl sites for hydroxylation is 1. The second-order valence-corrected chi connectivity index (χ2v) is 6.90. The van der Waals surface area contributed by atoms with Crippen molar-refractivity contribution in [1.82, 2.24) is 0 Å². The first-order chi connectivity index (χ1) is 12.6. The van der Waals surface area contributed by atoms with E-state index in [0.717, 1.165) is 18.4 Å². The van der Waals surface area contributed by atoms with Gasteiger partial charge in [0.1, 0.15) is 0 Å². The van der Waals surface area contributed by atoms with Crippen LogP contribution in [0.5, 0.6) is 5.75 Å². The highest BCUT2D eigenvalue weighted by molar-refractivity contribution is 5.65. The van der Waals surface area contributed by atoms with Crippen LogP contribution in [0.4, 0.5) is 11.4 Å². The number of nitro benzene ring substituents is 1. The molecule has 2 aliphatic rings. The largest absolute Gasteiger partial charge is 0.490 e. The minimum absolute atomic E-state index is 0.0175. The van der Waals surface area contributed by atoms with E-state index in [1.807, 2.05) is 6.07 Å². The molecule has 0 fully saturated rings. The Bertz CT molecular complexity index is 891. The van der Waals surface area contributed by atoms with Crippen LogP contribution in [0.15, 0.2) is 48.6 Å². The Labute approximate surface area is 152 Å². The van der Waals surface area contributed by atoms with Crippen molar-refractivity contribution in [3.63, 3.8) is 0 Å². The highest BCUT2D eigenvalue weighted by Gasteiger charge is 2.39. The average Bonchev–Trinajstić information content (AvgIpc) is 3.16. The van der Waals surface area contributed by atoms with Gasteiger partial charge >= 0.3 is 5.69 Å². The molecule has 0 saturated carbocycles. The summed E-state index contributed by atoms with van der Waals surface area (Å²) < 4.78 is 5.15. The molecule has 3 atom stereocenters. The number of para-hydroxylation sites is 1. The first kappa shape index (κ1) is 16.6. The molecule has 134 valence electrons. The number of nitrogens with one attached hydrogen (secondary N) is 1. The number of nitrogens with zero attached hydrogens (tertiary/aromatic N) is 1. The van der Waals surface area contributed by atoms with Crippen LogP contribution >= 0.6 is 0 Å². The zero-order chi connectivity index (χ0) is 18.3. The van der Waals surface area contributed by atoms with Crippen LogP contribution in [0.3, 0.4) is 0 Å². The molecule has 2 aromatic carbocycles. The standard InChI is InChI=1S/C21H22N2O3/c1-3-13-6-4-8-16-15-7-5-9-17(15)21(22-20(13)16)14-10-11-19(26-2)18(12-14)23(24)25/h4-8,10-12,15,17,21-22H,3,9H2,1-2H3/t15-,17-,21+/m0/s1. The molecule has 1 aliphatic carbocycles. The summed E-state index contributed by atoms with van der Waals surface area (Å²) in [5, 5.41) is 15.1. The van der Waals surface area contributed by atoms with Crippen molar-refractivity contribution in [1.29, 1.82) is 0 Å². The molecule has 2 aromatic rings. The van der Waals surface area contributed by atoms with E-state index in [4.69, 9.17) is 4.74 Å². The molecule has 0 amide bonds. The van der Waals surface area contributed by atoms with Gasteiger partial charge in [0.2, 0.25) is 0 Å². The third-order valence-electron chi connectivity index (χ3n) is 5.62. The highest BCUT2D eigenvalue weighted by atomic mass is 16.6. The van der Waals surface area contributed by atoms with E-state index in [-0.39, 0.29) is 16.7 Å². The van der Waals surface area contributed by atoms with Crippen LogP contribution in [0.1, 0.15) is 42.0 Å². The molecule has 0 spiro atoms. The van der Waals surface area contributed by atoms with Crippen LogP contribution in [0, 0.1) is 16.0 Å². The van der Waals surface area contributed by atoms with Crippen molar-refractivity contribution in [2.24, 2.45) is 5.92 Å². The van der Waals surface area contributed by atoms with Crippen molar-refractivity contribution in [3.05, 3.63) is 75.4 Å². The van der Waals surface area contributed by atoms with Gasteiger partial charge in [-0.05, 0) is 41.5 Å². The maximum atomic E-state index is 11.4. The zero-order valence-electron chi connectivity index (χ0n) is 14.9. The van der Waals surface area contributed by atoms with E-state index in [1.54, 1.807) is 12.1 Å². The molecule has 0 unspecified atom stereocenters. The van der Waals surface area contributed by atoms with E-state index < -0.39 is 0 Å². The first-order valence-corrected chi connectivity index (χ1v) is 9.01. The van der Waals surface area contributed by atoms with Gasteiger partial charge in [-0.2, -0.15) is 0 Å². The van der Waals surface area contributed by atoms with Crippen molar-refractivity contribution < 1.29 is 9.66 Å². The third-order valence-corrected chi connectivity index (χ3v) is 5.62. The predicted molar refractivity (Wildman–Crippen MR) is 102 cm³/mol. The summed E-state index contributed by atoms with van der Waals surface area (Å²) in [6, 6.07) is 11.8. The van der Waals surface area contributed by atoms with E-state index in [0.29, 0.717) is 17.6 Å². The number of anilines is 1. The van der Waals surface area contributed by atoms with Crippen LogP contribution < -0.4 is 10.1 Å². The van der Waals surface area contributed by atoms with Crippen molar-refractivity contribution in [2.75, 3.05) is 12.4 Å². The predicted octanol–water partition coefficient (Wildman–Crippen LogP) is 4.99. The summed E-state index contributed by atoms with van der Waals surface area (Å²) in [7, 11) is 1.46. The molecule has 4 rings (SSSR count). The average molecular weight is 350 g/mol. The summed E-state index contributed by atoms with van der Waals surface area (Å²) in [4.78, 5) is 11.1. The Hall–Kier alpha value is -2.82. The van der Waals surface area contributed by atoms with Gasteiger partial charge < -0.3 is 10.1 Å². The molecule has 5 heteroatoms. The molecule has 0 bridgehead atoms. The molecular weight excluding hydrogens is 328 g/mol. The number of rotatable bonds is 4. The Balaban J connectivity index is 1.80. The number of hydrogen-bond donors (Lipinski definition) is 1. The number of allylic oxidation sites excluding steroid dienone is 2. The van der Waals surface area contributed by atoms with Crippen LogP contribution in [0.2, 0.25) is 0 Å². The Morgan fingerprint density at radius 3 is 2.88 bits per heavy atom. The molecular formula is C21H22N2O3. The molecule has 1 N–H and O–H groups in total. The van der Waals surface area contributed by atoms with Crippen LogP contribution in [-0.2, 0) is 6.42 Å². The highest BCUT2D eigenvalue weighted by Crippen LogP contribution is 2.51.